The molecule has 5 heteroatoms. The highest BCUT2D eigenvalue weighted by atomic mass is 35.5. The molecule has 0 aliphatic carbocycles. The molecule has 0 aliphatic heterocycles. The van der Waals surface area contributed by atoms with Crippen molar-refractivity contribution in [3.05, 3.63) is 24.0 Å². The number of hydrogen-bond donors (Lipinski definition) is 2. The van der Waals surface area contributed by atoms with Crippen LogP contribution in [-0.4, -0.2) is 23.4 Å². The second-order valence-electron chi connectivity index (χ2n) is 2.71. The topological polar surface area (TPSA) is 54.0 Å². The fourth-order valence-electron chi connectivity index (χ4n) is 0.944. The first-order valence-corrected chi connectivity index (χ1v) is 4.80. The summed E-state index contributed by atoms with van der Waals surface area (Å²) in [5.74, 6) is 0.402. The maximum Gasteiger partial charge on any atom is 0.319 e. The van der Waals surface area contributed by atoms with E-state index in [4.69, 9.17) is 11.6 Å². The molecule has 0 radical (unpaired) electrons. The van der Waals surface area contributed by atoms with Crippen LogP contribution in [0.1, 0.15) is 5.69 Å². The Morgan fingerprint density at radius 2 is 2.43 bits per heavy atom. The van der Waals surface area contributed by atoms with Crippen molar-refractivity contribution in [3.63, 3.8) is 0 Å². The summed E-state index contributed by atoms with van der Waals surface area (Å²) in [4.78, 5) is 15.3. The van der Waals surface area contributed by atoms with Crippen LogP contribution in [0.4, 0.5) is 10.5 Å². The quantitative estimate of drug-likeness (QED) is 0.752. The highest BCUT2D eigenvalue weighted by Crippen LogP contribution is 2.09. The number of aryl methyl sites for hydroxylation is 1. The average molecular weight is 214 g/mol. The molecule has 0 saturated carbocycles. The number of rotatable bonds is 3. The van der Waals surface area contributed by atoms with Crippen LogP contribution in [0.15, 0.2) is 18.3 Å². The van der Waals surface area contributed by atoms with Gasteiger partial charge in [-0.1, -0.05) is 0 Å². The Balaban J connectivity index is 2.52. The zero-order valence-electron chi connectivity index (χ0n) is 7.88. The molecular formula is C9H12ClN3O. The van der Waals surface area contributed by atoms with Crippen LogP contribution in [0.25, 0.3) is 0 Å². The normalized spacial score (nSPS) is 9.57. The van der Waals surface area contributed by atoms with Crippen LogP contribution in [0.2, 0.25) is 0 Å². The molecule has 0 saturated heterocycles. The van der Waals surface area contributed by atoms with E-state index in [1.807, 2.05) is 6.92 Å². The van der Waals surface area contributed by atoms with E-state index >= 15 is 0 Å². The molecule has 0 bridgehead atoms. The summed E-state index contributed by atoms with van der Waals surface area (Å²) in [6, 6.07) is 3.30. The Morgan fingerprint density at radius 1 is 1.64 bits per heavy atom. The maximum atomic E-state index is 11.2. The SMILES string of the molecule is Cc1ncccc1NC(=O)NCCCl. The second kappa shape index (κ2) is 5.44. The van der Waals surface area contributed by atoms with E-state index in [-0.39, 0.29) is 6.03 Å². The lowest BCUT2D eigenvalue weighted by Gasteiger charge is -2.07. The van der Waals surface area contributed by atoms with Crippen LogP contribution in [-0.2, 0) is 0 Å². The molecule has 0 aromatic carbocycles. The summed E-state index contributed by atoms with van der Waals surface area (Å²) < 4.78 is 0. The van der Waals surface area contributed by atoms with E-state index in [9.17, 15) is 4.79 Å². The summed E-state index contributed by atoms with van der Waals surface area (Å²) in [5.41, 5.74) is 1.49. The van der Waals surface area contributed by atoms with E-state index in [0.717, 1.165) is 5.69 Å². The van der Waals surface area contributed by atoms with Crippen molar-refractivity contribution in [1.29, 1.82) is 0 Å². The third kappa shape index (κ3) is 3.22. The molecule has 1 aromatic rings. The van der Waals surface area contributed by atoms with Gasteiger partial charge in [-0.2, -0.15) is 0 Å². The predicted molar refractivity (Wildman–Crippen MR) is 56.7 cm³/mol. The lowest BCUT2D eigenvalue weighted by atomic mass is 10.3. The number of aromatic nitrogens is 1. The molecular weight excluding hydrogens is 202 g/mol. The van der Waals surface area contributed by atoms with E-state index < -0.39 is 0 Å². The van der Waals surface area contributed by atoms with Crippen LogP contribution in [0.5, 0.6) is 0 Å². The number of carbonyl (C=O) groups is 1. The third-order valence-corrected chi connectivity index (χ3v) is 1.82. The van der Waals surface area contributed by atoms with Gasteiger partial charge in [0, 0.05) is 18.6 Å². The first-order valence-electron chi connectivity index (χ1n) is 4.26. The zero-order chi connectivity index (χ0) is 10.4. The van der Waals surface area contributed by atoms with E-state index in [1.165, 1.54) is 0 Å². The molecule has 2 amide bonds. The first-order chi connectivity index (χ1) is 6.74. The van der Waals surface area contributed by atoms with Gasteiger partial charge in [0.05, 0.1) is 11.4 Å². The number of pyridine rings is 1. The molecule has 76 valence electrons. The summed E-state index contributed by atoms with van der Waals surface area (Å²) in [7, 11) is 0. The largest absolute Gasteiger partial charge is 0.337 e. The Hall–Kier alpha value is -1.29. The second-order valence-corrected chi connectivity index (χ2v) is 3.08. The third-order valence-electron chi connectivity index (χ3n) is 1.64. The molecule has 0 spiro atoms. The number of amides is 2. The molecule has 0 fully saturated rings. The Kier molecular flexibility index (Phi) is 4.19. The number of anilines is 1. The molecule has 0 unspecified atom stereocenters. The van der Waals surface area contributed by atoms with Crippen molar-refractivity contribution in [1.82, 2.24) is 10.3 Å². The van der Waals surface area contributed by atoms with Crippen LogP contribution < -0.4 is 10.6 Å². The first kappa shape index (κ1) is 10.8. The van der Waals surface area contributed by atoms with Crippen molar-refractivity contribution in [2.45, 2.75) is 6.92 Å². The molecule has 1 rings (SSSR count). The lowest BCUT2D eigenvalue weighted by Crippen LogP contribution is -2.30. The van der Waals surface area contributed by atoms with Gasteiger partial charge in [0.1, 0.15) is 0 Å². The zero-order valence-corrected chi connectivity index (χ0v) is 8.64. The molecule has 2 N–H and O–H groups in total. The Bertz CT molecular complexity index is 317. The molecule has 0 atom stereocenters. The van der Waals surface area contributed by atoms with Gasteiger partial charge in [-0.05, 0) is 19.1 Å². The van der Waals surface area contributed by atoms with Gasteiger partial charge in [-0.15, -0.1) is 11.6 Å². The molecule has 14 heavy (non-hydrogen) atoms. The molecule has 1 heterocycles. The number of nitrogens with zero attached hydrogens (tertiary/aromatic N) is 1. The monoisotopic (exact) mass is 213 g/mol. The highest BCUT2D eigenvalue weighted by molar-refractivity contribution is 6.18. The average Bonchev–Trinajstić information content (AvgIpc) is 2.18. The van der Waals surface area contributed by atoms with Crippen molar-refractivity contribution < 1.29 is 4.79 Å². The smallest absolute Gasteiger partial charge is 0.319 e. The van der Waals surface area contributed by atoms with Crippen molar-refractivity contribution in [3.8, 4) is 0 Å². The van der Waals surface area contributed by atoms with Gasteiger partial charge in [0.25, 0.3) is 0 Å². The number of nitrogens with one attached hydrogen (secondary N) is 2. The van der Waals surface area contributed by atoms with Gasteiger partial charge in [-0.3, -0.25) is 4.98 Å². The van der Waals surface area contributed by atoms with Crippen molar-refractivity contribution in [2.24, 2.45) is 0 Å². The summed E-state index contributed by atoms with van der Waals surface area (Å²) in [6.45, 7) is 2.28. The molecule has 4 nitrogen and oxygen atoms in total. The number of carbonyl (C=O) groups excluding carboxylic acids is 1. The van der Waals surface area contributed by atoms with Crippen LogP contribution in [0.3, 0.4) is 0 Å². The Labute approximate surface area is 87.7 Å². The van der Waals surface area contributed by atoms with Crippen LogP contribution >= 0.6 is 11.6 Å². The minimum atomic E-state index is -0.262. The van der Waals surface area contributed by atoms with Gasteiger partial charge < -0.3 is 10.6 Å². The van der Waals surface area contributed by atoms with Gasteiger partial charge in [0.15, 0.2) is 0 Å². The van der Waals surface area contributed by atoms with Crippen LogP contribution in [0, 0.1) is 6.92 Å². The van der Waals surface area contributed by atoms with Gasteiger partial charge in [0.2, 0.25) is 0 Å². The lowest BCUT2D eigenvalue weighted by molar-refractivity contribution is 0.252. The van der Waals surface area contributed by atoms with Gasteiger partial charge in [-0.25, -0.2) is 4.79 Å². The number of alkyl halides is 1. The highest BCUT2D eigenvalue weighted by Gasteiger charge is 2.02. The van der Waals surface area contributed by atoms with E-state index in [1.54, 1.807) is 18.3 Å². The number of halogens is 1. The fourth-order valence-corrected chi connectivity index (χ4v) is 1.04. The molecule has 0 aliphatic rings. The summed E-state index contributed by atoms with van der Waals surface area (Å²) in [6.07, 6.45) is 1.68. The maximum absolute atomic E-state index is 11.2. The summed E-state index contributed by atoms with van der Waals surface area (Å²) in [5, 5.41) is 5.27. The van der Waals surface area contributed by atoms with Crippen molar-refractivity contribution in [2.75, 3.05) is 17.7 Å². The minimum absolute atomic E-state index is 0.262. The molecule has 1 aromatic heterocycles. The number of hydrogen-bond acceptors (Lipinski definition) is 2. The standard InChI is InChI=1S/C9H12ClN3O/c1-7-8(3-2-5-11-7)13-9(14)12-6-4-10/h2-3,5H,4,6H2,1H3,(H2,12,13,14). The predicted octanol–water partition coefficient (Wildman–Crippen LogP) is 1.75. The Morgan fingerprint density at radius 3 is 3.07 bits per heavy atom. The van der Waals surface area contributed by atoms with E-state index in [0.29, 0.717) is 18.1 Å². The summed E-state index contributed by atoms with van der Waals surface area (Å²) >= 11 is 5.43. The van der Waals surface area contributed by atoms with Gasteiger partial charge >= 0.3 is 6.03 Å². The minimum Gasteiger partial charge on any atom is -0.337 e. The van der Waals surface area contributed by atoms with E-state index in [2.05, 4.69) is 15.6 Å². The van der Waals surface area contributed by atoms with Crippen molar-refractivity contribution >= 4 is 23.3 Å². The number of urea groups is 1. The fraction of sp³-hybridized carbons (Fsp3) is 0.333.